The molecule has 0 radical (unpaired) electrons. The van der Waals surface area contributed by atoms with Gasteiger partial charge in [-0.2, -0.15) is 0 Å². The van der Waals surface area contributed by atoms with E-state index < -0.39 is 0 Å². The third-order valence-electron chi connectivity index (χ3n) is 1.22. The van der Waals surface area contributed by atoms with Crippen molar-refractivity contribution in [3.63, 3.8) is 0 Å². The minimum absolute atomic E-state index is 1.33. The third kappa shape index (κ3) is 3.54. The molecule has 0 saturated carbocycles. The fourth-order valence-electron chi connectivity index (χ4n) is 0.637. The van der Waals surface area contributed by atoms with Crippen molar-refractivity contribution >= 4 is 0 Å². The van der Waals surface area contributed by atoms with E-state index in [9.17, 15) is 0 Å². The van der Waals surface area contributed by atoms with Gasteiger partial charge in [0.05, 0.1) is 0 Å². The maximum absolute atomic E-state index is 7.81. The molecule has 0 unspecified atom stereocenters. The van der Waals surface area contributed by atoms with Gasteiger partial charge in [0.25, 0.3) is 0 Å². The molecule has 2 heteroatoms. The van der Waals surface area contributed by atoms with Crippen LogP contribution in [0.3, 0.4) is 0 Å². The summed E-state index contributed by atoms with van der Waals surface area (Å²) in [7, 11) is 0. The number of rotatable bonds is 0. The molecule has 10 heavy (non-hydrogen) atoms. The molecule has 0 aliphatic carbocycles. The molecule has 0 atom stereocenters. The van der Waals surface area contributed by atoms with Crippen LogP contribution < -0.4 is 0 Å². The normalized spacial score (nSPS) is 8.00. The predicted molar refractivity (Wildman–Crippen MR) is 36.6 cm³/mol. The van der Waals surface area contributed by atoms with Gasteiger partial charge in [-0.05, 0) is 13.8 Å². The van der Waals surface area contributed by atoms with Crippen molar-refractivity contribution in [1.29, 1.82) is 0 Å². The first-order chi connectivity index (χ1) is 4.79. The van der Waals surface area contributed by atoms with E-state index in [2.05, 4.69) is 54.1 Å². The molecule has 0 aliphatic heterocycles. The van der Waals surface area contributed by atoms with Crippen molar-refractivity contribution in [3.8, 4) is 0 Å². The van der Waals surface area contributed by atoms with Crippen molar-refractivity contribution < 1.29 is 19.8 Å². The Kier molecular flexibility index (Phi) is 5.09. The Morgan fingerprint density at radius 2 is 1.10 bits per heavy atom. The Morgan fingerprint density at radius 3 is 1.30 bits per heavy atom. The van der Waals surface area contributed by atoms with Crippen molar-refractivity contribution in [2.24, 2.45) is 0 Å². The summed E-state index contributed by atoms with van der Waals surface area (Å²) in [6, 6.07) is 8.48. The molecule has 0 aliphatic rings. The van der Waals surface area contributed by atoms with Crippen LogP contribution in [-0.4, -0.2) is 0 Å². The maximum atomic E-state index is 7.81. The van der Waals surface area contributed by atoms with E-state index in [0.29, 0.717) is 0 Å². The van der Waals surface area contributed by atoms with Crippen LogP contribution in [0.25, 0.3) is 0 Å². The van der Waals surface area contributed by atoms with Gasteiger partial charge in [-0.25, -0.2) is 0 Å². The first-order valence-corrected chi connectivity index (χ1v) is 3.33. The van der Waals surface area contributed by atoms with E-state index in [-0.39, 0.29) is 0 Å². The average molecular weight is 186 g/mol. The summed E-state index contributed by atoms with van der Waals surface area (Å²) in [4.78, 5) is 0. The summed E-state index contributed by atoms with van der Waals surface area (Å²) in [6.07, 6.45) is 0. The van der Waals surface area contributed by atoms with Gasteiger partial charge in [-0.15, -0.1) is 0 Å². The van der Waals surface area contributed by atoms with Gasteiger partial charge in [0, 0.05) is 0 Å². The zero-order valence-electron chi connectivity index (χ0n) is 6.02. The zero-order valence-corrected chi connectivity index (χ0v) is 6.96. The molecular formula is C8H10CuO. The quantitative estimate of drug-likeness (QED) is 0.567. The molecular weight excluding hydrogens is 176 g/mol. The predicted octanol–water partition coefficient (Wildman–Crippen LogP) is 2.18. The molecule has 0 heterocycles. The second-order valence-corrected chi connectivity index (χ2v) is 2.15. The van der Waals surface area contributed by atoms with E-state index in [1.807, 2.05) is 0 Å². The third-order valence-corrected chi connectivity index (χ3v) is 1.22. The molecule has 0 N–H and O–H groups in total. The molecule has 1 aromatic rings. The summed E-state index contributed by atoms with van der Waals surface area (Å²) in [5, 5.41) is 0. The Balaban J connectivity index is 0.000000371. The number of benzene rings is 1. The Labute approximate surface area is 69.5 Å². The van der Waals surface area contributed by atoms with Crippen LogP contribution in [0, 0.1) is 13.8 Å². The van der Waals surface area contributed by atoms with Crippen LogP contribution in [0.4, 0.5) is 0 Å². The first kappa shape index (κ1) is 9.54. The monoisotopic (exact) mass is 185 g/mol. The SMILES string of the molecule is Cc1ccc(C)cc1.[O]=[Cu]. The molecule has 0 saturated heterocycles. The first-order valence-electron chi connectivity index (χ1n) is 2.94. The molecule has 1 aromatic carbocycles. The summed E-state index contributed by atoms with van der Waals surface area (Å²) in [6.45, 7) is 4.19. The average Bonchev–Trinajstić information content (AvgIpc) is 2.00. The molecule has 0 amide bonds. The van der Waals surface area contributed by atoms with Gasteiger partial charge < -0.3 is 0 Å². The summed E-state index contributed by atoms with van der Waals surface area (Å²) in [5.74, 6) is 0. The van der Waals surface area contributed by atoms with Crippen molar-refractivity contribution in [2.75, 3.05) is 0 Å². The summed E-state index contributed by atoms with van der Waals surface area (Å²) in [5.41, 5.74) is 2.66. The van der Waals surface area contributed by atoms with Gasteiger partial charge in [-0.1, -0.05) is 35.4 Å². The van der Waals surface area contributed by atoms with Gasteiger partial charge in [0.1, 0.15) is 0 Å². The van der Waals surface area contributed by atoms with Gasteiger partial charge in [-0.3, -0.25) is 0 Å². The van der Waals surface area contributed by atoms with Gasteiger partial charge in [0.2, 0.25) is 0 Å². The van der Waals surface area contributed by atoms with Crippen LogP contribution in [0.15, 0.2) is 24.3 Å². The molecule has 59 valence electrons. The number of hydrogen-bond acceptors (Lipinski definition) is 1. The number of aryl methyl sites for hydroxylation is 2. The minimum atomic E-state index is 1.33. The van der Waals surface area contributed by atoms with Crippen LogP contribution in [0.5, 0.6) is 0 Å². The van der Waals surface area contributed by atoms with Crippen LogP contribution in [0.2, 0.25) is 0 Å². The van der Waals surface area contributed by atoms with E-state index in [0.717, 1.165) is 0 Å². The van der Waals surface area contributed by atoms with Crippen LogP contribution in [0.1, 0.15) is 11.1 Å². The second kappa shape index (κ2) is 5.33. The van der Waals surface area contributed by atoms with Crippen molar-refractivity contribution in [1.82, 2.24) is 0 Å². The summed E-state index contributed by atoms with van der Waals surface area (Å²) < 4.78 is 7.81. The molecule has 0 fully saturated rings. The molecule has 1 nitrogen and oxygen atoms in total. The van der Waals surface area contributed by atoms with Crippen molar-refractivity contribution in [3.05, 3.63) is 35.4 Å². The van der Waals surface area contributed by atoms with Crippen molar-refractivity contribution in [2.45, 2.75) is 13.8 Å². The topological polar surface area (TPSA) is 17.1 Å². The second-order valence-electron chi connectivity index (χ2n) is 2.15. The van der Waals surface area contributed by atoms with Crippen LogP contribution in [-0.2, 0) is 19.8 Å². The van der Waals surface area contributed by atoms with E-state index in [4.69, 9.17) is 3.83 Å². The van der Waals surface area contributed by atoms with Gasteiger partial charge >= 0.3 is 19.8 Å². The molecule has 0 bridgehead atoms. The zero-order chi connectivity index (χ0) is 7.98. The van der Waals surface area contributed by atoms with Gasteiger partial charge in [0.15, 0.2) is 0 Å². The summed E-state index contributed by atoms with van der Waals surface area (Å²) >= 11 is 2.94. The molecule has 0 spiro atoms. The number of hydrogen-bond donors (Lipinski definition) is 0. The van der Waals surface area contributed by atoms with Crippen LogP contribution >= 0.6 is 0 Å². The Bertz CT molecular complexity index is 160. The fourth-order valence-corrected chi connectivity index (χ4v) is 0.637. The van der Waals surface area contributed by atoms with E-state index in [1.54, 1.807) is 0 Å². The van der Waals surface area contributed by atoms with E-state index >= 15 is 0 Å². The Hall–Kier alpha value is -0.461. The van der Waals surface area contributed by atoms with E-state index in [1.165, 1.54) is 11.1 Å². The fraction of sp³-hybridized carbons (Fsp3) is 0.250. The standard InChI is InChI=1S/C8H10.Cu.O/c1-7-3-5-8(2)6-4-7;;/h3-6H,1-2H3;;. The molecule has 0 aromatic heterocycles. The molecule has 1 rings (SSSR count). The Morgan fingerprint density at radius 1 is 0.900 bits per heavy atom.